The normalized spacial score (nSPS) is 11.0. The predicted octanol–water partition coefficient (Wildman–Crippen LogP) is 7.17. The number of ether oxygens (including phenoxy) is 1. The molecule has 0 radical (unpaired) electrons. The van der Waals surface area contributed by atoms with Crippen molar-refractivity contribution in [3.05, 3.63) is 82.1 Å². The fourth-order valence-electron chi connectivity index (χ4n) is 2.68. The zero-order valence-corrected chi connectivity index (χ0v) is 19.1. The first-order valence-electron chi connectivity index (χ1n) is 9.14. The van der Waals surface area contributed by atoms with Crippen molar-refractivity contribution in [2.75, 3.05) is 14.9 Å². The van der Waals surface area contributed by atoms with Crippen LogP contribution in [0.2, 0.25) is 10.0 Å². The van der Waals surface area contributed by atoms with Crippen molar-refractivity contribution >= 4 is 65.0 Å². The molecular weight excluding hydrogens is 521 g/mol. The number of hydrogen-bond acceptors (Lipinski definition) is 4. The number of carbonyl (C=O) groups is 2. The summed E-state index contributed by atoms with van der Waals surface area (Å²) in [6.07, 6.45) is -5.09. The van der Waals surface area contributed by atoms with Gasteiger partial charge in [-0.05, 0) is 60.7 Å². The summed E-state index contributed by atoms with van der Waals surface area (Å²) in [5, 5.41) is 5.24. The molecule has 34 heavy (non-hydrogen) atoms. The molecule has 13 heteroatoms. The van der Waals surface area contributed by atoms with E-state index in [2.05, 4.69) is 28.2 Å². The molecule has 3 aromatic carbocycles. The summed E-state index contributed by atoms with van der Waals surface area (Å²) in [7, 11) is 0. The zero-order chi connectivity index (χ0) is 25.0. The maximum absolute atomic E-state index is 13.1. The number of hydrogen-bond donors (Lipinski definition) is 3. The smallest absolute Gasteiger partial charge is 0.404 e. The van der Waals surface area contributed by atoms with Gasteiger partial charge in [0.2, 0.25) is 0 Å². The third kappa shape index (κ3) is 6.92. The Morgan fingerprint density at radius 1 is 0.882 bits per heavy atom. The van der Waals surface area contributed by atoms with Crippen molar-refractivity contribution in [3.8, 4) is 5.75 Å². The molecule has 3 aromatic rings. The Hall–Kier alpha value is -3.15. The van der Waals surface area contributed by atoms with E-state index in [1.807, 2.05) is 0 Å². The molecule has 0 aromatic heterocycles. The third-order valence-corrected chi connectivity index (χ3v) is 4.92. The summed E-state index contributed by atoms with van der Waals surface area (Å²) in [4.78, 5) is 25.2. The highest BCUT2D eigenvalue weighted by Gasteiger charge is 2.33. The van der Waals surface area contributed by atoms with Gasteiger partial charge >= 0.3 is 12.4 Å². The monoisotopic (exact) mass is 533 g/mol. The molecule has 0 aliphatic rings. The van der Waals surface area contributed by atoms with Crippen molar-refractivity contribution in [2.45, 2.75) is 6.36 Å². The van der Waals surface area contributed by atoms with Crippen LogP contribution in [0.15, 0.2) is 60.7 Å². The maximum Gasteiger partial charge on any atom is 0.573 e. The largest absolute Gasteiger partial charge is 0.573 e. The average molecular weight is 534 g/mol. The van der Waals surface area contributed by atoms with Gasteiger partial charge in [-0.15, -0.1) is 13.2 Å². The molecule has 6 nitrogen and oxygen atoms in total. The highest BCUT2D eigenvalue weighted by Crippen LogP contribution is 2.35. The van der Waals surface area contributed by atoms with Gasteiger partial charge in [-0.1, -0.05) is 36.0 Å². The molecule has 0 spiro atoms. The second-order valence-electron chi connectivity index (χ2n) is 6.59. The van der Waals surface area contributed by atoms with Crippen LogP contribution in [-0.4, -0.2) is 18.3 Å². The Morgan fingerprint density at radius 2 is 1.50 bits per heavy atom. The molecule has 3 amide bonds. The second kappa shape index (κ2) is 10.4. The Balaban J connectivity index is 1.90. The fraction of sp³-hybridized carbons (Fsp3) is 0.0476. The molecule has 0 saturated carbocycles. The van der Waals surface area contributed by atoms with Gasteiger partial charge in [-0.3, -0.25) is 4.79 Å². The number of nitrogens with zero attached hydrogens (tertiary/aromatic N) is 1. The van der Waals surface area contributed by atoms with Crippen LogP contribution in [-0.2, 0) is 0 Å². The van der Waals surface area contributed by atoms with Crippen LogP contribution in [0, 0.1) is 5.82 Å². The first-order valence-corrected chi connectivity index (χ1v) is 10.3. The first kappa shape index (κ1) is 25.5. The van der Waals surface area contributed by atoms with E-state index >= 15 is 0 Å². The maximum atomic E-state index is 13.1. The van der Waals surface area contributed by atoms with E-state index < -0.39 is 35.6 Å². The minimum absolute atomic E-state index is 0.133. The van der Waals surface area contributed by atoms with Crippen LogP contribution >= 0.6 is 36.0 Å². The molecule has 3 rings (SSSR count). The minimum Gasteiger partial charge on any atom is -0.404 e. The number of carbonyl (C=O) groups excluding carboxylic acids is 2. The highest BCUT2D eigenvalue weighted by atomic mass is 35.5. The van der Waals surface area contributed by atoms with Gasteiger partial charge in [0.05, 0.1) is 0 Å². The summed E-state index contributed by atoms with van der Waals surface area (Å²) in [5.74, 6) is -2.05. The van der Waals surface area contributed by atoms with E-state index in [1.165, 1.54) is 30.3 Å². The highest BCUT2D eigenvalue weighted by molar-refractivity contribution is 7.82. The standard InChI is InChI=1S/C21H13Cl2F4N3O3S/c22-12-8-13(23)10-16(9-12)29-20(32)30(34)17-7-11(1-6-18(17)33-21(25,26)27)19(31)28-15-4-2-14(24)3-5-15/h1-10,34H,(H,28,31)(H,29,32). The number of nitrogens with one attached hydrogen (secondary N) is 2. The average Bonchev–Trinajstić information content (AvgIpc) is 2.73. The number of thiol groups is 1. The van der Waals surface area contributed by atoms with E-state index in [1.54, 1.807) is 0 Å². The van der Waals surface area contributed by atoms with Crippen molar-refractivity contribution in [1.82, 2.24) is 0 Å². The quantitative estimate of drug-likeness (QED) is 0.240. The summed E-state index contributed by atoms with van der Waals surface area (Å²) >= 11 is 15.7. The van der Waals surface area contributed by atoms with Gasteiger partial charge in [0.25, 0.3) is 5.91 Å². The molecule has 0 fully saturated rings. The molecule has 178 valence electrons. The van der Waals surface area contributed by atoms with Crippen LogP contribution in [0.5, 0.6) is 5.75 Å². The van der Waals surface area contributed by atoms with Gasteiger partial charge in [0.1, 0.15) is 11.5 Å². The van der Waals surface area contributed by atoms with Gasteiger partial charge in [0.15, 0.2) is 5.75 Å². The van der Waals surface area contributed by atoms with E-state index in [0.29, 0.717) is 4.31 Å². The Bertz CT molecular complexity index is 1210. The van der Waals surface area contributed by atoms with Crippen LogP contribution in [0.3, 0.4) is 0 Å². The number of halogens is 6. The summed E-state index contributed by atoms with van der Waals surface area (Å²) in [6, 6.07) is 10.8. The van der Waals surface area contributed by atoms with Crippen LogP contribution < -0.4 is 19.7 Å². The second-order valence-corrected chi connectivity index (χ2v) is 7.86. The Kier molecular flexibility index (Phi) is 7.80. The lowest BCUT2D eigenvalue weighted by Crippen LogP contribution is -2.28. The lowest BCUT2D eigenvalue weighted by molar-refractivity contribution is -0.274. The summed E-state index contributed by atoms with van der Waals surface area (Å²) in [5.41, 5.74) is -0.239. The van der Waals surface area contributed by atoms with Crippen LogP contribution in [0.25, 0.3) is 0 Å². The lowest BCUT2D eigenvalue weighted by Gasteiger charge is -2.21. The molecule has 2 N–H and O–H groups in total. The van der Waals surface area contributed by atoms with E-state index in [0.717, 1.165) is 30.3 Å². The molecule has 0 aliphatic heterocycles. The van der Waals surface area contributed by atoms with E-state index in [9.17, 15) is 27.2 Å². The first-order chi connectivity index (χ1) is 15.9. The number of benzene rings is 3. The number of alkyl halides is 3. The molecule has 0 saturated heterocycles. The van der Waals surface area contributed by atoms with Crippen molar-refractivity contribution in [1.29, 1.82) is 0 Å². The zero-order valence-electron chi connectivity index (χ0n) is 16.7. The number of amides is 3. The van der Waals surface area contributed by atoms with Crippen LogP contribution in [0.1, 0.15) is 10.4 Å². The molecule has 0 heterocycles. The topological polar surface area (TPSA) is 70.7 Å². The molecular formula is C21H13Cl2F4N3O3S. The summed E-state index contributed by atoms with van der Waals surface area (Å²) < 4.78 is 56.2. The van der Waals surface area contributed by atoms with Crippen molar-refractivity contribution < 1.29 is 31.9 Å². The Labute approximate surface area is 205 Å². The lowest BCUT2D eigenvalue weighted by atomic mass is 10.1. The molecule has 0 bridgehead atoms. The van der Waals surface area contributed by atoms with Gasteiger partial charge in [-0.25, -0.2) is 13.5 Å². The van der Waals surface area contributed by atoms with Crippen molar-refractivity contribution in [2.24, 2.45) is 0 Å². The SMILES string of the molecule is O=C(Nc1ccc(F)cc1)c1ccc(OC(F)(F)F)c(N(S)C(=O)Nc2cc(Cl)cc(Cl)c2)c1. The van der Waals surface area contributed by atoms with Gasteiger partial charge in [0, 0.05) is 27.0 Å². The van der Waals surface area contributed by atoms with Gasteiger partial charge in [-0.2, -0.15) is 0 Å². The van der Waals surface area contributed by atoms with Gasteiger partial charge < -0.3 is 15.4 Å². The van der Waals surface area contributed by atoms with Crippen molar-refractivity contribution in [3.63, 3.8) is 0 Å². The third-order valence-electron chi connectivity index (χ3n) is 4.08. The van der Waals surface area contributed by atoms with E-state index in [4.69, 9.17) is 23.2 Å². The Morgan fingerprint density at radius 3 is 2.09 bits per heavy atom. The summed E-state index contributed by atoms with van der Waals surface area (Å²) in [6.45, 7) is 0. The number of rotatable bonds is 5. The molecule has 0 aliphatic carbocycles. The molecule has 0 unspecified atom stereocenters. The minimum atomic E-state index is -5.09. The number of urea groups is 1. The number of anilines is 3. The van der Waals surface area contributed by atoms with E-state index in [-0.39, 0.29) is 27.0 Å². The fourth-order valence-corrected chi connectivity index (χ4v) is 3.42. The molecule has 0 atom stereocenters. The van der Waals surface area contributed by atoms with Crippen LogP contribution in [0.4, 0.5) is 39.4 Å². The predicted molar refractivity (Wildman–Crippen MR) is 124 cm³/mol.